The zero-order chi connectivity index (χ0) is 27.1. The lowest BCUT2D eigenvalue weighted by Crippen LogP contribution is -2.14. The maximum Gasteiger partial charge on any atom is 0.360 e. The quantitative estimate of drug-likeness (QED) is 0.134. The molecule has 1 amide bonds. The van der Waals surface area contributed by atoms with Gasteiger partial charge in [-0.2, -0.15) is 0 Å². The number of aryl methyl sites for hydroxylation is 1. The highest BCUT2D eigenvalue weighted by atomic mass is 35.5. The van der Waals surface area contributed by atoms with Crippen molar-refractivity contribution in [2.24, 2.45) is 0 Å². The Hall–Kier alpha value is -3.26. The molecule has 0 aromatic heterocycles. The van der Waals surface area contributed by atoms with Gasteiger partial charge in [-0.25, -0.2) is 0 Å². The molecule has 0 saturated carbocycles. The zero-order valence-corrected chi connectivity index (χ0v) is 22.5. The minimum atomic E-state index is -4.67. The maximum atomic E-state index is 12.4. The van der Waals surface area contributed by atoms with Crippen molar-refractivity contribution in [3.05, 3.63) is 107 Å². The highest BCUT2D eigenvalue weighted by molar-refractivity contribution is 7.99. The van der Waals surface area contributed by atoms with Crippen LogP contribution in [0.1, 0.15) is 17.5 Å². The van der Waals surface area contributed by atoms with Gasteiger partial charge < -0.3 is 24.9 Å². The fourth-order valence-corrected chi connectivity index (χ4v) is 5.53. The van der Waals surface area contributed by atoms with Gasteiger partial charge in [-0.15, -0.1) is 0 Å². The number of phenols is 1. The lowest BCUT2D eigenvalue weighted by atomic mass is 10.1. The molecule has 38 heavy (non-hydrogen) atoms. The molecule has 196 valence electrons. The Morgan fingerprint density at radius 3 is 2.42 bits per heavy atom. The van der Waals surface area contributed by atoms with E-state index in [9.17, 15) is 24.3 Å². The number of phenolic OH excluding ortho intramolecular Hbond substituents is 1. The van der Waals surface area contributed by atoms with Crippen LogP contribution >= 0.6 is 31.0 Å². The highest BCUT2D eigenvalue weighted by Crippen LogP contribution is 2.38. The number of carbonyl (C=O) groups is 1. The summed E-state index contributed by atoms with van der Waals surface area (Å²) in [5.41, 5.74) is 2.07. The Labute approximate surface area is 229 Å². The molecule has 4 N–H and O–H groups in total. The topological polar surface area (TPSA) is 116 Å². The third-order valence-electron chi connectivity index (χ3n) is 5.51. The van der Waals surface area contributed by atoms with E-state index in [0.29, 0.717) is 18.1 Å². The van der Waals surface area contributed by atoms with Crippen molar-refractivity contribution >= 4 is 47.9 Å². The molecular formula is C28H25ClNO6PS. The first-order valence-electron chi connectivity index (χ1n) is 11.6. The summed E-state index contributed by atoms with van der Waals surface area (Å²) >= 11 is 8.04. The third kappa shape index (κ3) is 7.87. The average molecular weight is 570 g/mol. The molecule has 7 nitrogen and oxygen atoms in total. The second-order valence-electron chi connectivity index (χ2n) is 8.40. The third-order valence-corrected chi connectivity index (χ3v) is 7.83. The van der Waals surface area contributed by atoms with Crippen LogP contribution < -0.4 is 15.4 Å². The smallest absolute Gasteiger partial charge is 0.360 e. The zero-order valence-electron chi connectivity index (χ0n) is 20.1. The molecule has 0 saturated heterocycles. The Bertz CT molecular complexity index is 1480. The van der Waals surface area contributed by atoms with E-state index in [1.54, 1.807) is 11.8 Å². The monoisotopic (exact) mass is 569 g/mol. The minimum absolute atomic E-state index is 0.110. The number of aromatic hydroxyl groups is 1. The number of amides is 1. The van der Waals surface area contributed by atoms with Crippen LogP contribution in [0.25, 0.3) is 0 Å². The average Bonchev–Trinajstić information content (AvgIpc) is 2.88. The van der Waals surface area contributed by atoms with Crippen LogP contribution in [0.15, 0.2) is 101 Å². The predicted molar refractivity (Wildman–Crippen MR) is 150 cm³/mol. The summed E-state index contributed by atoms with van der Waals surface area (Å²) in [4.78, 5) is 33.0. The molecule has 4 rings (SSSR count). The fourth-order valence-electron chi connectivity index (χ4n) is 3.60. The molecule has 0 heterocycles. The number of rotatable bonds is 10. The van der Waals surface area contributed by atoms with Crippen LogP contribution in [-0.2, 0) is 22.4 Å². The number of hydrogen-bond acceptors (Lipinski definition) is 5. The van der Waals surface area contributed by atoms with Gasteiger partial charge in [0.25, 0.3) is 0 Å². The van der Waals surface area contributed by atoms with Gasteiger partial charge in [-0.05, 0) is 66.1 Å². The SMILES string of the molecule is O=C(CCc1ccc(Sc2cccc(OCc3ccccc3)c2)cc1Cl)Nc1ccc(O)c(P(=O)(O)O)c1. The van der Waals surface area contributed by atoms with Crippen molar-refractivity contribution in [1.29, 1.82) is 0 Å². The molecule has 0 spiro atoms. The summed E-state index contributed by atoms with van der Waals surface area (Å²) in [6.45, 7) is 0.487. The molecule has 0 aliphatic carbocycles. The number of ether oxygens (including phenoxy) is 1. The fraction of sp³-hybridized carbons (Fsp3) is 0.107. The molecule has 0 atom stereocenters. The lowest BCUT2D eigenvalue weighted by molar-refractivity contribution is -0.116. The van der Waals surface area contributed by atoms with E-state index in [1.165, 1.54) is 6.07 Å². The van der Waals surface area contributed by atoms with E-state index < -0.39 is 18.6 Å². The van der Waals surface area contributed by atoms with Gasteiger partial charge >= 0.3 is 7.60 Å². The molecule has 0 aliphatic heterocycles. The van der Waals surface area contributed by atoms with Gasteiger partial charge in [0.1, 0.15) is 23.4 Å². The first-order valence-corrected chi connectivity index (χ1v) is 14.4. The van der Waals surface area contributed by atoms with Crippen LogP contribution in [0.5, 0.6) is 11.5 Å². The Kier molecular flexibility index (Phi) is 9.15. The summed E-state index contributed by atoms with van der Waals surface area (Å²) in [7, 11) is -4.67. The number of halogens is 1. The largest absolute Gasteiger partial charge is 0.507 e. The number of carbonyl (C=O) groups excluding carboxylic acids is 1. The van der Waals surface area contributed by atoms with E-state index in [4.69, 9.17) is 16.3 Å². The van der Waals surface area contributed by atoms with Crippen molar-refractivity contribution in [2.75, 3.05) is 5.32 Å². The van der Waals surface area contributed by atoms with Gasteiger partial charge in [0.2, 0.25) is 5.91 Å². The van der Waals surface area contributed by atoms with Crippen LogP contribution in [0.4, 0.5) is 5.69 Å². The van der Waals surface area contributed by atoms with Gasteiger partial charge in [-0.3, -0.25) is 9.36 Å². The van der Waals surface area contributed by atoms with E-state index in [1.807, 2.05) is 72.8 Å². The van der Waals surface area contributed by atoms with Crippen molar-refractivity contribution in [3.8, 4) is 11.5 Å². The second kappa shape index (κ2) is 12.5. The normalized spacial score (nSPS) is 11.2. The van der Waals surface area contributed by atoms with E-state index in [2.05, 4.69) is 5.32 Å². The predicted octanol–water partition coefficient (Wildman–Crippen LogP) is 6.15. The minimum Gasteiger partial charge on any atom is -0.507 e. The number of anilines is 1. The number of hydrogen-bond donors (Lipinski definition) is 4. The van der Waals surface area contributed by atoms with Crippen LogP contribution in [0.2, 0.25) is 5.02 Å². The van der Waals surface area contributed by atoms with Crippen molar-refractivity contribution in [2.45, 2.75) is 29.2 Å². The van der Waals surface area contributed by atoms with Crippen LogP contribution in [0.3, 0.4) is 0 Å². The first kappa shape index (κ1) is 27.8. The van der Waals surface area contributed by atoms with Crippen LogP contribution in [-0.4, -0.2) is 20.8 Å². The summed E-state index contributed by atoms with van der Waals surface area (Å²) in [6.07, 6.45) is 0.487. The summed E-state index contributed by atoms with van der Waals surface area (Å²) in [6, 6.07) is 27.0. The van der Waals surface area contributed by atoms with Gasteiger partial charge in [-0.1, -0.05) is 65.8 Å². The molecule has 4 aromatic rings. The molecule has 4 aromatic carbocycles. The van der Waals surface area contributed by atoms with Gasteiger partial charge in [0, 0.05) is 26.9 Å². The Morgan fingerprint density at radius 2 is 1.68 bits per heavy atom. The van der Waals surface area contributed by atoms with E-state index >= 15 is 0 Å². The molecule has 0 radical (unpaired) electrons. The van der Waals surface area contributed by atoms with Gasteiger partial charge in [0.15, 0.2) is 0 Å². The Balaban J connectivity index is 1.32. The maximum absolute atomic E-state index is 12.4. The molecular weight excluding hydrogens is 545 g/mol. The van der Waals surface area contributed by atoms with Crippen molar-refractivity contribution in [1.82, 2.24) is 0 Å². The molecule has 0 aliphatic rings. The van der Waals surface area contributed by atoms with Crippen molar-refractivity contribution in [3.63, 3.8) is 0 Å². The Morgan fingerprint density at radius 1 is 0.921 bits per heavy atom. The van der Waals surface area contributed by atoms with Crippen molar-refractivity contribution < 1.29 is 29.0 Å². The molecule has 0 fully saturated rings. The molecule has 0 bridgehead atoms. The second-order valence-corrected chi connectivity index (χ2v) is 11.5. The number of benzene rings is 4. The summed E-state index contributed by atoms with van der Waals surface area (Å²) in [5, 5.41) is 12.2. The molecule has 10 heteroatoms. The summed E-state index contributed by atoms with van der Waals surface area (Å²) in [5.74, 6) is -0.115. The molecule has 0 unspecified atom stereocenters. The number of nitrogens with one attached hydrogen (secondary N) is 1. The standard InChI is InChI=1S/C28H25ClNO6PS/c29-25-17-24(38-23-8-4-7-22(16-23)36-18-19-5-2-1-3-6-19)12-9-20(25)10-14-28(32)30-21-11-13-26(31)27(15-21)37(33,34)35/h1-9,11-13,15-17,31H,10,14,18H2,(H,30,32)(H2,33,34,35). The van der Waals surface area contributed by atoms with Gasteiger partial charge in [0.05, 0.1) is 0 Å². The van der Waals surface area contributed by atoms with Crippen LogP contribution in [0, 0.1) is 0 Å². The van der Waals surface area contributed by atoms with E-state index in [0.717, 1.165) is 38.8 Å². The lowest BCUT2D eigenvalue weighted by Gasteiger charge is -2.11. The highest BCUT2D eigenvalue weighted by Gasteiger charge is 2.22. The summed E-state index contributed by atoms with van der Waals surface area (Å²) < 4.78 is 17.4. The van der Waals surface area contributed by atoms with E-state index in [-0.39, 0.29) is 18.0 Å². The first-order chi connectivity index (χ1) is 18.2.